The van der Waals surface area contributed by atoms with Crippen LogP contribution in [0.1, 0.15) is 26.7 Å². The first kappa shape index (κ1) is 20.5. The molecule has 2 aromatic carbocycles. The Morgan fingerprint density at radius 3 is 2.61 bits per heavy atom. The molecule has 0 aliphatic carbocycles. The van der Waals surface area contributed by atoms with Gasteiger partial charge in [-0.15, -0.1) is 0 Å². The van der Waals surface area contributed by atoms with Crippen molar-refractivity contribution in [3.63, 3.8) is 0 Å². The third-order valence-electron chi connectivity index (χ3n) is 4.57. The summed E-state index contributed by atoms with van der Waals surface area (Å²) >= 11 is 3.19. The van der Waals surface area contributed by atoms with E-state index < -0.39 is 0 Å². The maximum atomic E-state index is 13.0. The van der Waals surface area contributed by atoms with Gasteiger partial charge in [0.15, 0.2) is 16.3 Å². The summed E-state index contributed by atoms with van der Waals surface area (Å²) in [6.45, 7) is 1.82. The minimum atomic E-state index is -0.368. The van der Waals surface area contributed by atoms with Crippen molar-refractivity contribution in [2.75, 3.05) is 17.3 Å². The zero-order chi connectivity index (χ0) is 22.0. The van der Waals surface area contributed by atoms with Gasteiger partial charge in [-0.3, -0.25) is 14.7 Å². The first-order chi connectivity index (χ1) is 14.9. The zero-order valence-corrected chi connectivity index (χ0v) is 18.3. The highest BCUT2D eigenvalue weighted by Gasteiger charge is 2.22. The molecule has 2 heterocycles. The molecule has 156 valence electrons. The fraction of sp³-hybridized carbons (Fsp3) is 0.0909. The third-order valence-corrected chi connectivity index (χ3v) is 5.00. The lowest BCUT2D eigenvalue weighted by Crippen LogP contribution is -2.28. The van der Waals surface area contributed by atoms with Crippen molar-refractivity contribution in [3.8, 4) is 11.4 Å². The first-order valence-corrected chi connectivity index (χ1v) is 10.1. The molecule has 4 aromatic rings. The lowest BCUT2D eigenvalue weighted by Gasteiger charge is -2.19. The maximum Gasteiger partial charge on any atom is 0.293 e. The summed E-state index contributed by atoms with van der Waals surface area (Å²) in [5.41, 5.74) is 2.16. The first-order valence-electron chi connectivity index (χ1n) is 9.35. The number of halogens is 1. The highest BCUT2D eigenvalue weighted by Crippen LogP contribution is 2.25. The average Bonchev–Trinajstić information content (AvgIpc) is 3.41. The lowest BCUT2D eigenvalue weighted by molar-refractivity contribution is 0.0965. The van der Waals surface area contributed by atoms with Gasteiger partial charge >= 0.3 is 0 Å². The molecule has 0 fully saturated rings. The number of carbonyl (C=O) groups excluding carboxylic acids is 2. The molecule has 0 spiro atoms. The van der Waals surface area contributed by atoms with Gasteiger partial charge in [0.25, 0.3) is 11.8 Å². The van der Waals surface area contributed by atoms with Gasteiger partial charge in [-0.25, -0.2) is 4.98 Å². The lowest BCUT2D eigenvalue weighted by atomic mass is 10.1. The Morgan fingerprint density at radius 1 is 1.10 bits per heavy atom. The molecule has 0 aliphatic heterocycles. The van der Waals surface area contributed by atoms with Crippen LogP contribution in [0.25, 0.3) is 11.4 Å². The number of benzene rings is 2. The van der Waals surface area contributed by atoms with Crippen LogP contribution in [0.2, 0.25) is 0 Å². The van der Waals surface area contributed by atoms with Crippen molar-refractivity contribution in [3.05, 3.63) is 82.5 Å². The van der Waals surface area contributed by atoms with Crippen molar-refractivity contribution >= 4 is 39.1 Å². The van der Waals surface area contributed by atoms with E-state index in [0.29, 0.717) is 33.3 Å². The molecule has 4 rings (SSSR count). The van der Waals surface area contributed by atoms with E-state index in [-0.39, 0.29) is 17.6 Å². The summed E-state index contributed by atoms with van der Waals surface area (Å²) < 4.78 is 5.81. The molecule has 0 saturated carbocycles. The quantitative estimate of drug-likeness (QED) is 0.432. The summed E-state index contributed by atoms with van der Waals surface area (Å²) in [6.07, 6.45) is 0. The molecule has 0 unspecified atom stereocenters. The van der Waals surface area contributed by atoms with Crippen molar-refractivity contribution < 1.29 is 14.0 Å². The van der Waals surface area contributed by atoms with Crippen molar-refractivity contribution in [1.82, 2.24) is 15.2 Å². The Balaban J connectivity index is 1.58. The van der Waals surface area contributed by atoms with Gasteiger partial charge in [-0.05, 0) is 59.3 Å². The molecule has 2 N–H and O–H groups in total. The van der Waals surface area contributed by atoms with Gasteiger partial charge in [0, 0.05) is 18.3 Å². The molecular weight excluding hydrogens is 462 g/mol. The Labute approximate surface area is 186 Å². The highest BCUT2D eigenvalue weighted by molar-refractivity contribution is 9.10. The van der Waals surface area contributed by atoms with Crippen LogP contribution in [0, 0.1) is 6.92 Å². The van der Waals surface area contributed by atoms with Crippen LogP contribution in [-0.2, 0) is 0 Å². The summed E-state index contributed by atoms with van der Waals surface area (Å²) in [5.74, 6) is 0.699. The minimum absolute atomic E-state index is 0.166. The average molecular weight is 480 g/mol. The number of carbonyl (C=O) groups is 2. The molecule has 0 aliphatic rings. The van der Waals surface area contributed by atoms with E-state index in [0.717, 1.165) is 5.56 Å². The Hall–Kier alpha value is -3.72. The second-order valence-corrected chi connectivity index (χ2v) is 7.55. The van der Waals surface area contributed by atoms with Gasteiger partial charge < -0.3 is 14.6 Å². The van der Waals surface area contributed by atoms with E-state index >= 15 is 0 Å². The Kier molecular flexibility index (Phi) is 5.68. The monoisotopic (exact) mass is 479 g/mol. The fourth-order valence-electron chi connectivity index (χ4n) is 3.07. The third kappa shape index (κ3) is 4.41. The molecule has 31 heavy (non-hydrogen) atoms. The number of hydrogen-bond donors (Lipinski definition) is 2. The molecule has 0 bridgehead atoms. The molecule has 2 amide bonds. The number of furan rings is 1. The van der Waals surface area contributed by atoms with Gasteiger partial charge in [-0.2, -0.15) is 5.10 Å². The van der Waals surface area contributed by atoms with E-state index in [1.54, 1.807) is 55.6 Å². The van der Waals surface area contributed by atoms with E-state index in [9.17, 15) is 9.59 Å². The number of aromatic amines is 1. The predicted octanol–water partition coefficient (Wildman–Crippen LogP) is 4.66. The van der Waals surface area contributed by atoms with Crippen LogP contribution in [0.4, 0.5) is 11.4 Å². The van der Waals surface area contributed by atoms with Crippen LogP contribution >= 0.6 is 15.9 Å². The van der Waals surface area contributed by atoms with Crippen LogP contribution in [0.5, 0.6) is 0 Å². The zero-order valence-electron chi connectivity index (χ0n) is 16.7. The van der Waals surface area contributed by atoms with Crippen LogP contribution in [0.3, 0.4) is 0 Å². The number of anilines is 2. The van der Waals surface area contributed by atoms with Crippen molar-refractivity contribution in [1.29, 1.82) is 0 Å². The summed E-state index contributed by atoms with van der Waals surface area (Å²) in [7, 11) is 1.59. The van der Waals surface area contributed by atoms with E-state index in [2.05, 4.69) is 36.4 Å². The highest BCUT2D eigenvalue weighted by atomic mass is 79.9. The number of aromatic nitrogens is 3. The van der Waals surface area contributed by atoms with Gasteiger partial charge in [0.1, 0.15) is 5.82 Å². The number of H-pyrrole nitrogens is 1. The van der Waals surface area contributed by atoms with E-state index in [1.807, 2.05) is 19.1 Å². The number of rotatable bonds is 5. The molecular formula is C22H18BrN5O3. The number of amides is 2. The molecule has 0 saturated heterocycles. The largest absolute Gasteiger partial charge is 0.444 e. The van der Waals surface area contributed by atoms with Crippen LogP contribution < -0.4 is 10.2 Å². The topological polar surface area (TPSA) is 104 Å². The molecule has 0 atom stereocenters. The van der Waals surface area contributed by atoms with Gasteiger partial charge in [-0.1, -0.05) is 24.3 Å². The molecule has 8 nitrogen and oxygen atoms in total. The van der Waals surface area contributed by atoms with E-state index in [1.165, 1.54) is 4.90 Å². The van der Waals surface area contributed by atoms with Crippen molar-refractivity contribution in [2.24, 2.45) is 0 Å². The number of nitrogens with zero attached hydrogens (tertiary/aromatic N) is 3. The fourth-order valence-corrected chi connectivity index (χ4v) is 3.37. The maximum absolute atomic E-state index is 13.0. The summed E-state index contributed by atoms with van der Waals surface area (Å²) in [5, 5.41) is 9.83. The number of aryl methyl sites for hydroxylation is 1. The normalized spacial score (nSPS) is 10.7. The van der Waals surface area contributed by atoms with Crippen LogP contribution in [0.15, 0.2) is 69.8 Å². The van der Waals surface area contributed by atoms with Gasteiger partial charge in [0.05, 0.1) is 11.3 Å². The second-order valence-electron chi connectivity index (χ2n) is 6.76. The standard InChI is InChI=1S/C22H18BrN5O3/c1-13-24-20(27-26-13)14-6-5-7-15(12-14)25-21(29)16-8-3-4-9-17(16)28(2)22(30)18-10-11-19(23)31-18/h3-12H,1-2H3,(H,25,29)(H,24,26,27). The van der Waals surface area contributed by atoms with Crippen LogP contribution in [-0.4, -0.2) is 34.0 Å². The number of para-hydroxylation sites is 1. The van der Waals surface area contributed by atoms with Crippen molar-refractivity contribution in [2.45, 2.75) is 6.92 Å². The predicted molar refractivity (Wildman–Crippen MR) is 120 cm³/mol. The number of nitrogens with one attached hydrogen (secondary N) is 2. The smallest absolute Gasteiger partial charge is 0.293 e. The summed E-state index contributed by atoms with van der Waals surface area (Å²) in [6, 6.07) is 17.3. The molecule has 9 heteroatoms. The SMILES string of the molecule is Cc1nc(-c2cccc(NC(=O)c3ccccc3N(C)C(=O)c3ccc(Br)o3)c2)n[nH]1. The Bertz CT molecular complexity index is 1260. The Morgan fingerprint density at radius 2 is 1.90 bits per heavy atom. The molecule has 2 aromatic heterocycles. The van der Waals surface area contributed by atoms with Gasteiger partial charge in [0.2, 0.25) is 0 Å². The molecule has 0 radical (unpaired) electrons. The van der Waals surface area contributed by atoms with E-state index in [4.69, 9.17) is 4.42 Å². The number of hydrogen-bond acceptors (Lipinski definition) is 5. The summed E-state index contributed by atoms with van der Waals surface area (Å²) in [4.78, 5) is 31.5. The minimum Gasteiger partial charge on any atom is -0.444 e. The second kappa shape index (κ2) is 8.57.